The summed E-state index contributed by atoms with van der Waals surface area (Å²) >= 11 is 3.32. The summed E-state index contributed by atoms with van der Waals surface area (Å²) < 4.78 is 16.6. The molecule has 0 unspecified atom stereocenters. The van der Waals surface area contributed by atoms with E-state index in [1.54, 1.807) is 37.3 Å². The van der Waals surface area contributed by atoms with Crippen molar-refractivity contribution in [1.82, 2.24) is 5.32 Å². The molecule has 1 N–H and O–H groups in total. The number of ether oxygens (including phenoxy) is 2. The highest BCUT2D eigenvalue weighted by Gasteiger charge is 2.14. The molecule has 144 valence electrons. The Hall–Kier alpha value is -3.13. The van der Waals surface area contributed by atoms with Gasteiger partial charge >= 0.3 is 11.6 Å². The molecule has 0 radical (unpaired) electrons. The Kier molecular flexibility index (Phi) is 6.10. The minimum absolute atomic E-state index is 0.0819. The van der Waals surface area contributed by atoms with E-state index in [-0.39, 0.29) is 23.5 Å². The summed E-state index contributed by atoms with van der Waals surface area (Å²) in [7, 11) is 0. The van der Waals surface area contributed by atoms with Crippen LogP contribution in [0.1, 0.15) is 17.3 Å². The van der Waals surface area contributed by atoms with Gasteiger partial charge in [0.05, 0.1) is 0 Å². The molecule has 2 aromatic carbocycles. The molecular formula is C20H16BrNO6. The first kappa shape index (κ1) is 19.6. The Morgan fingerprint density at radius 3 is 2.68 bits per heavy atom. The van der Waals surface area contributed by atoms with E-state index in [0.29, 0.717) is 17.7 Å². The predicted octanol–water partition coefficient (Wildman–Crippen LogP) is 3.29. The average molecular weight is 446 g/mol. The van der Waals surface area contributed by atoms with E-state index >= 15 is 0 Å². The first-order chi connectivity index (χ1) is 13.5. The molecule has 0 saturated heterocycles. The van der Waals surface area contributed by atoms with Crippen molar-refractivity contribution in [1.29, 1.82) is 0 Å². The zero-order chi connectivity index (χ0) is 20.1. The molecule has 1 aromatic heterocycles. The van der Waals surface area contributed by atoms with Gasteiger partial charge in [-0.2, -0.15) is 0 Å². The number of carbonyl (C=O) groups excluding carboxylic acids is 2. The van der Waals surface area contributed by atoms with Crippen molar-refractivity contribution in [2.75, 3.05) is 13.2 Å². The van der Waals surface area contributed by atoms with Gasteiger partial charge in [-0.15, -0.1) is 0 Å². The van der Waals surface area contributed by atoms with Crippen LogP contribution in [0.25, 0.3) is 11.0 Å². The predicted molar refractivity (Wildman–Crippen MR) is 106 cm³/mol. The third-order valence-corrected chi connectivity index (χ3v) is 4.17. The van der Waals surface area contributed by atoms with E-state index in [9.17, 15) is 14.4 Å². The lowest BCUT2D eigenvalue weighted by atomic mass is 10.1. The smallest absolute Gasteiger partial charge is 0.349 e. The van der Waals surface area contributed by atoms with Gasteiger partial charge in [0.2, 0.25) is 0 Å². The second-order valence-corrected chi connectivity index (χ2v) is 6.64. The average Bonchev–Trinajstić information content (AvgIpc) is 2.66. The molecule has 3 aromatic rings. The van der Waals surface area contributed by atoms with Crippen molar-refractivity contribution in [2.24, 2.45) is 0 Å². The number of hydrogen-bond donors (Lipinski definition) is 1. The van der Waals surface area contributed by atoms with Gasteiger partial charge in [0, 0.05) is 22.5 Å². The summed E-state index contributed by atoms with van der Waals surface area (Å²) in [5.41, 5.74) is -0.641. The third-order valence-electron chi connectivity index (χ3n) is 3.67. The van der Waals surface area contributed by atoms with Crippen molar-refractivity contribution in [3.63, 3.8) is 0 Å². The Morgan fingerprint density at radius 2 is 1.93 bits per heavy atom. The molecule has 0 spiro atoms. The van der Waals surface area contributed by atoms with Gasteiger partial charge in [-0.05, 0) is 43.3 Å². The molecule has 0 aliphatic rings. The Labute approximate surface area is 168 Å². The highest BCUT2D eigenvalue weighted by Crippen LogP contribution is 2.21. The SMILES string of the molecule is CCNC(=O)c1cc2ccc(OC(=O)COc3cccc(Br)c3)cc2oc1=O. The molecule has 0 aliphatic carbocycles. The second-order valence-electron chi connectivity index (χ2n) is 5.73. The first-order valence-electron chi connectivity index (χ1n) is 8.41. The van der Waals surface area contributed by atoms with E-state index in [1.807, 2.05) is 6.07 Å². The van der Waals surface area contributed by atoms with Gasteiger partial charge < -0.3 is 19.2 Å². The molecule has 0 fully saturated rings. The minimum Gasteiger partial charge on any atom is -0.482 e. The minimum atomic E-state index is -0.764. The number of amides is 1. The molecular weight excluding hydrogens is 430 g/mol. The number of hydrogen-bond acceptors (Lipinski definition) is 6. The summed E-state index contributed by atoms with van der Waals surface area (Å²) in [6.45, 7) is 1.86. The number of nitrogens with one attached hydrogen (secondary N) is 1. The molecule has 7 nitrogen and oxygen atoms in total. The van der Waals surface area contributed by atoms with E-state index in [0.717, 1.165) is 4.47 Å². The quantitative estimate of drug-likeness (QED) is 0.355. The lowest BCUT2D eigenvalue weighted by Crippen LogP contribution is -2.27. The number of carbonyl (C=O) groups is 2. The lowest BCUT2D eigenvalue weighted by molar-refractivity contribution is -0.136. The highest BCUT2D eigenvalue weighted by molar-refractivity contribution is 9.10. The fourth-order valence-electron chi connectivity index (χ4n) is 2.43. The standard InChI is InChI=1S/C20H16BrNO6/c1-2-22-19(24)16-8-12-6-7-15(10-17(12)28-20(16)25)27-18(23)11-26-14-5-3-4-13(21)9-14/h3-10H,2,11H2,1H3,(H,22,24). The Bertz CT molecular complexity index is 1090. The van der Waals surface area contributed by atoms with Crippen LogP contribution in [0, 0.1) is 0 Å². The Morgan fingerprint density at radius 1 is 1.11 bits per heavy atom. The summed E-state index contributed by atoms with van der Waals surface area (Å²) in [6.07, 6.45) is 0. The molecule has 1 amide bonds. The van der Waals surface area contributed by atoms with Crippen molar-refractivity contribution >= 4 is 38.8 Å². The summed E-state index contributed by atoms with van der Waals surface area (Å²) in [5.74, 6) is -0.392. The van der Waals surface area contributed by atoms with Crippen molar-refractivity contribution < 1.29 is 23.5 Å². The zero-order valence-electron chi connectivity index (χ0n) is 14.9. The fraction of sp³-hybridized carbons (Fsp3) is 0.150. The van der Waals surface area contributed by atoms with Crippen LogP contribution in [-0.2, 0) is 4.79 Å². The van der Waals surface area contributed by atoms with E-state index in [4.69, 9.17) is 13.9 Å². The number of esters is 1. The summed E-state index contributed by atoms with van der Waals surface area (Å²) in [5, 5.41) is 3.08. The van der Waals surface area contributed by atoms with Gasteiger partial charge in [-0.1, -0.05) is 22.0 Å². The maximum absolute atomic E-state index is 12.0. The Balaban J connectivity index is 1.71. The molecule has 0 aliphatic heterocycles. The summed E-state index contributed by atoms with van der Waals surface area (Å²) in [4.78, 5) is 35.9. The highest BCUT2D eigenvalue weighted by atomic mass is 79.9. The van der Waals surface area contributed by atoms with Gasteiger partial charge in [-0.25, -0.2) is 9.59 Å². The number of rotatable bonds is 6. The number of fused-ring (bicyclic) bond motifs is 1. The largest absolute Gasteiger partial charge is 0.482 e. The maximum atomic E-state index is 12.0. The molecule has 3 rings (SSSR count). The van der Waals surface area contributed by atoms with Crippen LogP contribution < -0.4 is 20.4 Å². The molecule has 0 saturated carbocycles. The second kappa shape index (κ2) is 8.71. The van der Waals surface area contributed by atoms with Crippen LogP contribution in [0.5, 0.6) is 11.5 Å². The number of benzene rings is 2. The number of halogens is 1. The van der Waals surface area contributed by atoms with Crippen LogP contribution in [-0.4, -0.2) is 25.0 Å². The van der Waals surface area contributed by atoms with Crippen molar-refractivity contribution in [2.45, 2.75) is 6.92 Å². The molecule has 28 heavy (non-hydrogen) atoms. The van der Waals surface area contributed by atoms with Crippen molar-refractivity contribution in [3.8, 4) is 11.5 Å². The van der Waals surface area contributed by atoms with E-state index in [2.05, 4.69) is 21.2 Å². The van der Waals surface area contributed by atoms with Crippen LogP contribution in [0.4, 0.5) is 0 Å². The van der Waals surface area contributed by atoms with Crippen LogP contribution >= 0.6 is 15.9 Å². The lowest BCUT2D eigenvalue weighted by Gasteiger charge is -2.08. The van der Waals surface area contributed by atoms with E-state index < -0.39 is 17.5 Å². The molecule has 0 bridgehead atoms. The van der Waals surface area contributed by atoms with Gasteiger partial charge in [0.1, 0.15) is 22.6 Å². The van der Waals surface area contributed by atoms with Gasteiger partial charge in [0.25, 0.3) is 5.91 Å². The van der Waals surface area contributed by atoms with Gasteiger partial charge in [0.15, 0.2) is 6.61 Å². The molecule has 8 heteroatoms. The fourth-order valence-corrected chi connectivity index (χ4v) is 2.81. The van der Waals surface area contributed by atoms with Crippen LogP contribution in [0.3, 0.4) is 0 Å². The molecule has 0 atom stereocenters. The zero-order valence-corrected chi connectivity index (χ0v) is 16.4. The monoisotopic (exact) mass is 445 g/mol. The maximum Gasteiger partial charge on any atom is 0.349 e. The molecule has 1 heterocycles. The van der Waals surface area contributed by atoms with Gasteiger partial charge in [-0.3, -0.25) is 4.79 Å². The van der Waals surface area contributed by atoms with Crippen LogP contribution in [0.2, 0.25) is 0 Å². The van der Waals surface area contributed by atoms with E-state index in [1.165, 1.54) is 12.1 Å². The van der Waals surface area contributed by atoms with Crippen LogP contribution in [0.15, 0.2) is 62.2 Å². The van der Waals surface area contributed by atoms with Crippen molar-refractivity contribution in [3.05, 3.63) is 69.0 Å². The third kappa shape index (κ3) is 4.77. The summed E-state index contributed by atoms with van der Waals surface area (Å²) in [6, 6.07) is 13.1. The topological polar surface area (TPSA) is 94.8 Å². The first-order valence-corrected chi connectivity index (χ1v) is 9.20. The normalized spacial score (nSPS) is 10.5.